The number of carboxylic acid groups (broad SMARTS) is 1. The Hall–Kier alpha value is -2.37. The van der Waals surface area contributed by atoms with Gasteiger partial charge in [0.05, 0.1) is 11.1 Å². The number of carbonyl (C=O) groups is 3. The Bertz CT molecular complexity index is 548. The van der Waals surface area contributed by atoms with Gasteiger partial charge in [0.2, 0.25) is 5.91 Å². The molecule has 0 unspecified atom stereocenters. The molecule has 0 aliphatic carbocycles. The van der Waals surface area contributed by atoms with E-state index >= 15 is 0 Å². The van der Waals surface area contributed by atoms with Gasteiger partial charge in [-0.1, -0.05) is 12.1 Å². The van der Waals surface area contributed by atoms with Crippen LogP contribution >= 0.6 is 0 Å². The summed E-state index contributed by atoms with van der Waals surface area (Å²) in [6, 6.07) is 6.17. The SMILES string of the molecule is CC(=O)N1CCN(C(=O)c2ccccc2C(=O)O)CC1. The fraction of sp³-hybridized carbons (Fsp3) is 0.357. The quantitative estimate of drug-likeness (QED) is 0.862. The Labute approximate surface area is 116 Å². The van der Waals surface area contributed by atoms with Crippen LogP contribution in [0.4, 0.5) is 0 Å². The van der Waals surface area contributed by atoms with Crippen molar-refractivity contribution in [3.63, 3.8) is 0 Å². The summed E-state index contributed by atoms with van der Waals surface area (Å²) in [4.78, 5) is 38.0. The van der Waals surface area contributed by atoms with Gasteiger partial charge in [-0.3, -0.25) is 9.59 Å². The van der Waals surface area contributed by atoms with Gasteiger partial charge in [-0.2, -0.15) is 0 Å². The molecule has 2 rings (SSSR count). The minimum absolute atomic E-state index is 0.00602. The highest BCUT2D eigenvalue weighted by Gasteiger charge is 2.25. The third-order valence-corrected chi connectivity index (χ3v) is 3.40. The number of piperazine rings is 1. The van der Waals surface area contributed by atoms with Crippen LogP contribution in [0.15, 0.2) is 24.3 Å². The van der Waals surface area contributed by atoms with E-state index in [2.05, 4.69) is 0 Å². The summed E-state index contributed by atoms with van der Waals surface area (Å²) in [6.45, 7) is 3.31. The lowest BCUT2D eigenvalue weighted by atomic mass is 10.1. The molecule has 0 radical (unpaired) electrons. The van der Waals surface area contributed by atoms with Crippen LogP contribution in [0.1, 0.15) is 27.6 Å². The lowest BCUT2D eigenvalue weighted by Crippen LogP contribution is -2.50. The average Bonchev–Trinajstić information content (AvgIpc) is 2.46. The Morgan fingerprint density at radius 2 is 1.45 bits per heavy atom. The van der Waals surface area contributed by atoms with Crippen molar-refractivity contribution in [2.45, 2.75) is 6.92 Å². The van der Waals surface area contributed by atoms with E-state index < -0.39 is 5.97 Å². The molecule has 1 aliphatic rings. The molecular weight excluding hydrogens is 260 g/mol. The van der Waals surface area contributed by atoms with Gasteiger partial charge in [0.15, 0.2) is 0 Å². The van der Waals surface area contributed by atoms with Crippen molar-refractivity contribution in [3.05, 3.63) is 35.4 Å². The lowest BCUT2D eigenvalue weighted by Gasteiger charge is -2.34. The number of amides is 2. The van der Waals surface area contributed by atoms with E-state index in [0.29, 0.717) is 26.2 Å². The third-order valence-electron chi connectivity index (χ3n) is 3.40. The molecular formula is C14H16N2O4. The number of aromatic carboxylic acids is 1. The molecule has 1 aromatic rings. The molecule has 1 saturated heterocycles. The van der Waals surface area contributed by atoms with E-state index in [1.807, 2.05) is 0 Å². The Morgan fingerprint density at radius 1 is 0.950 bits per heavy atom. The number of hydrogen-bond donors (Lipinski definition) is 1. The smallest absolute Gasteiger partial charge is 0.336 e. The zero-order valence-electron chi connectivity index (χ0n) is 11.2. The number of rotatable bonds is 2. The van der Waals surface area contributed by atoms with Gasteiger partial charge in [-0.15, -0.1) is 0 Å². The maximum absolute atomic E-state index is 12.4. The fourth-order valence-electron chi connectivity index (χ4n) is 2.25. The van der Waals surface area contributed by atoms with E-state index in [0.717, 1.165) is 0 Å². The summed E-state index contributed by atoms with van der Waals surface area (Å²) >= 11 is 0. The Kier molecular flexibility index (Phi) is 4.02. The van der Waals surface area contributed by atoms with Crippen molar-refractivity contribution in [2.24, 2.45) is 0 Å². The molecule has 1 aromatic carbocycles. The van der Waals surface area contributed by atoms with Gasteiger partial charge >= 0.3 is 5.97 Å². The summed E-state index contributed by atoms with van der Waals surface area (Å²) < 4.78 is 0. The van der Waals surface area contributed by atoms with E-state index in [4.69, 9.17) is 5.11 Å². The van der Waals surface area contributed by atoms with Gasteiger partial charge in [0.1, 0.15) is 0 Å². The molecule has 1 N–H and O–H groups in total. The molecule has 106 valence electrons. The first-order valence-electron chi connectivity index (χ1n) is 6.38. The highest BCUT2D eigenvalue weighted by Crippen LogP contribution is 2.14. The first-order chi connectivity index (χ1) is 9.50. The second kappa shape index (κ2) is 5.73. The van der Waals surface area contributed by atoms with Gasteiger partial charge in [0, 0.05) is 33.1 Å². The van der Waals surface area contributed by atoms with E-state index in [-0.39, 0.29) is 22.9 Å². The first-order valence-corrected chi connectivity index (χ1v) is 6.38. The van der Waals surface area contributed by atoms with Gasteiger partial charge in [-0.05, 0) is 12.1 Å². The maximum atomic E-state index is 12.4. The molecule has 0 bridgehead atoms. The van der Waals surface area contributed by atoms with Crippen molar-refractivity contribution >= 4 is 17.8 Å². The molecule has 0 atom stereocenters. The summed E-state index contributed by atoms with van der Waals surface area (Å²) in [6.07, 6.45) is 0. The molecule has 1 heterocycles. The topological polar surface area (TPSA) is 77.9 Å². The van der Waals surface area contributed by atoms with Crippen molar-refractivity contribution in [3.8, 4) is 0 Å². The number of carbonyl (C=O) groups excluding carboxylic acids is 2. The summed E-state index contributed by atoms with van der Waals surface area (Å²) in [5, 5.41) is 9.10. The van der Waals surface area contributed by atoms with Crippen LogP contribution in [-0.2, 0) is 4.79 Å². The highest BCUT2D eigenvalue weighted by atomic mass is 16.4. The second-order valence-corrected chi connectivity index (χ2v) is 4.65. The molecule has 2 amide bonds. The van der Waals surface area contributed by atoms with Crippen LogP contribution in [0.3, 0.4) is 0 Å². The standard InChI is InChI=1S/C14H16N2O4/c1-10(17)15-6-8-16(9-7-15)13(18)11-4-2-3-5-12(11)14(19)20/h2-5H,6-9H2,1H3,(H,19,20). The third kappa shape index (κ3) is 2.79. The van der Waals surface area contributed by atoms with E-state index in [9.17, 15) is 14.4 Å². The lowest BCUT2D eigenvalue weighted by molar-refractivity contribution is -0.130. The van der Waals surface area contributed by atoms with Gasteiger partial charge < -0.3 is 14.9 Å². The zero-order chi connectivity index (χ0) is 14.7. The summed E-state index contributed by atoms with van der Waals surface area (Å²) in [5.41, 5.74) is 0.197. The maximum Gasteiger partial charge on any atom is 0.336 e. The minimum Gasteiger partial charge on any atom is -0.478 e. The van der Waals surface area contributed by atoms with Crippen molar-refractivity contribution in [2.75, 3.05) is 26.2 Å². The number of hydrogen-bond acceptors (Lipinski definition) is 3. The molecule has 1 aliphatic heterocycles. The largest absolute Gasteiger partial charge is 0.478 e. The Balaban J connectivity index is 2.13. The zero-order valence-corrected chi connectivity index (χ0v) is 11.2. The predicted molar refractivity (Wildman–Crippen MR) is 71.6 cm³/mol. The van der Waals surface area contributed by atoms with Gasteiger partial charge in [-0.25, -0.2) is 4.79 Å². The van der Waals surface area contributed by atoms with Gasteiger partial charge in [0.25, 0.3) is 5.91 Å². The molecule has 0 aromatic heterocycles. The van der Waals surface area contributed by atoms with Crippen LogP contribution in [0, 0.1) is 0 Å². The minimum atomic E-state index is -1.11. The highest BCUT2D eigenvalue weighted by molar-refractivity contribution is 6.04. The van der Waals surface area contributed by atoms with Crippen LogP contribution in [0.2, 0.25) is 0 Å². The average molecular weight is 276 g/mol. The monoisotopic (exact) mass is 276 g/mol. The van der Waals surface area contributed by atoms with Crippen molar-refractivity contribution < 1.29 is 19.5 Å². The van der Waals surface area contributed by atoms with Crippen LogP contribution in [-0.4, -0.2) is 58.9 Å². The second-order valence-electron chi connectivity index (χ2n) is 4.65. The summed E-state index contributed by atoms with van der Waals surface area (Å²) in [5.74, 6) is -1.43. The van der Waals surface area contributed by atoms with Crippen LogP contribution < -0.4 is 0 Å². The normalized spacial score (nSPS) is 15.1. The molecule has 6 nitrogen and oxygen atoms in total. The van der Waals surface area contributed by atoms with Crippen LogP contribution in [0.25, 0.3) is 0 Å². The van der Waals surface area contributed by atoms with Crippen LogP contribution in [0.5, 0.6) is 0 Å². The van der Waals surface area contributed by atoms with Crippen molar-refractivity contribution in [1.82, 2.24) is 9.80 Å². The number of benzene rings is 1. The van der Waals surface area contributed by atoms with E-state index in [1.165, 1.54) is 19.1 Å². The Morgan fingerprint density at radius 3 is 1.95 bits per heavy atom. The molecule has 0 saturated carbocycles. The first kappa shape index (κ1) is 14.0. The van der Waals surface area contributed by atoms with Crippen molar-refractivity contribution in [1.29, 1.82) is 0 Å². The number of nitrogens with zero attached hydrogens (tertiary/aromatic N) is 2. The summed E-state index contributed by atoms with van der Waals surface area (Å²) in [7, 11) is 0. The number of carboxylic acids is 1. The van der Waals surface area contributed by atoms with E-state index in [1.54, 1.807) is 21.9 Å². The molecule has 20 heavy (non-hydrogen) atoms. The molecule has 1 fully saturated rings. The molecule has 6 heteroatoms. The molecule has 0 spiro atoms. The fourth-order valence-corrected chi connectivity index (χ4v) is 2.25. The predicted octanol–water partition coefficient (Wildman–Crippen LogP) is 0.689.